The molecule has 1 aromatic carbocycles. The Morgan fingerprint density at radius 2 is 1.93 bits per heavy atom. The van der Waals surface area contributed by atoms with Crippen LogP contribution in [0.4, 0.5) is 0 Å². The molecule has 2 heteroatoms. The van der Waals surface area contributed by atoms with Crippen molar-refractivity contribution in [3.63, 3.8) is 0 Å². The van der Waals surface area contributed by atoms with E-state index in [9.17, 15) is 5.11 Å². The highest BCUT2D eigenvalue weighted by molar-refractivity contribution is 9.10. The fourth-order valence-electron chi connectivity index (χ4n) is 3.32. The summed E-state index contributed by atoms with van der Waals surface area (Å²) >= 11 is 3.50. The minimum absolute atomic E-state index is 0.493. The van der Waals surface area contributed by atoms with E-state index < -0.39 is 5.60 Å². The lowest BCUT2D eigenvalue weighted by Gasteiger charge is -2.15. The molecule has 2 aliphatic carbocycles. The number of fused-ring (bicyclic) bond motifs is 1. The van der Waals surface area contributed by atoms with Crippen LogP contribution in [0.3, 0.4) is 0 Å². The summed E-state index contributed by atoms with van der Waals surface area (Å²) in [6.07, 6.45) is 3.70. The largest absolute Gasteiger partial charge is 0.385 e. The minimum atomic E-state index is -0.493. The van der Waals surface area contributed by atoms with Gasteiger partial charge in [0.1, 0.15) is 0 Å². The van der Waals surface area contributed by atoms with Gasteiger partial charge >= 0.3 is 0 Å². The number of rotatable bonds is 1. The Hall–Kier alpha value is -0.340. The lowest BCUT2D eigenvalue weighted by Crippen LogP contribution is -2.13. The Morgan fingerprint density at radius 3 is 2.53 bits per heavy atom. The first-order valence-electron chi connectivity index (χ1n) is 5.62. The van der Waals surface area contributed by atoms with Crippen molar-refractivity contribution in [2.75, 3.05) is 0 Å². The van der Waals surface area contributed by atoms with Crippen LogP contribution in [0, 0.1) is 18.8 Å². The maximum atomic E-state index is 10.6. The Kier molecular flexibility index (Phi) is 2.02. The van der Waals surface area contributed by atoms with Crippen LogP contribution in [-0.2, 0) is 5.60 Å². The minimum Gasteiger partial charge on any atom is -0.385 e. The quantitative estimate of drug-likeness (QED) is 0.827. The predicted octanol–water partition coefficient (Wildman–Crippen LogP) is 3.38. The fourth-order valence-corrected chi connectivity index (χ4v) is 3.93. The highest BCUT2D eigenvalue weighted by atomic mass is 79.9. The SMILES string of the molecule is Cc1cc(Br)cc(C2(O)C3CCCC32)c1. The van der Waals surface area contributed by atoms with Crippen molar-refractivity contribution in [3.8, 4) is 0 Å². The van der Waals surface area contributed by atoms with Gasteiger partial charge in [-0.15, -0.1) is 0 Å². The molecule has 2 fully saturated rings. The van der Waals surface area contributed by atoms with Gasteiger partial charge in [-0.25, -0.2) is 0 Å². The molecule has 0 saturated heterocycles. The first kappa shape index (κ1) is 9.86. The molecular formula is C13H15BrO. The van der Waals surface area contributed by atoms with Crippen LogP contribution >= 0.6 is 15.9 Å². The molecule has 0 aliphatic heterocycles. The summed E-state index contributed by atoms with van der Waals surface area (Å²) in [6.45, 7) is 2.08. The maximum Gasteiger partial charge on any atom is 0.0960 e. The van der Waals surface area contributed by atoms with Crippen molar-refractivity contribution in [2.45, 2.75) is 31.8 Å². The molecule has 3 rings (SSSR count). The number of benzene rings is 1. The molecule has 0 radical (unpaired) electrons. The van der Waals surface area contributed by atoms with E-state index in [1.807, 2.05) is 0 Å². The second-order valence-electron chi connectivity index (χ2n) is 4.99. The van der Waals surface area contributed by atoms with Crippen LogP contribution in [-0.4, -0.2) is 5.11 Å². The van der Waals surface area contributed by atoms with E-state index in [0.717, 1.165) is 10.0 Å². The van der Waals surface area contributed by atoms with Crippen molar-refractivity contribution in [3.05, 3.63) is 33.8 Å². The summed E-state index contributed by atoms with van der Waals surface area (Å²) in [5, 5.41) is 10.6. The molecule has 2 unspecified atom stereocenters. The van der Waals surface area contributed by atoms with Gasteiger partial charge in [-0.3, -0.25) is 0 Å². The summed E-state index contributed by atoms with van der Waals surface area (Å²) in [7, 11) is 0. The molecule has 80 valence electrons. The molecule has 0 bridgehead atoms. The number of halogens is 1. The Morgan fingerprint density at radius 1 is 1.27 bits per heavy atom. The smallest absolute Gasteiger partial charge is 0.0960 e. The summed E-state index contributed by atoms with van der Waals surface area (Å²) in [4.78, 5) is 0. The van der Waals surface area contributed by atoms with Gasteiger partial charge in [0.05, 0.1) is 5.60 Å². The summed E-state index contributed by atoms with van der Waals surface area (Å²) in [6, 6.07) is 6.29. The van der Waals surface area contributed by atoms with E-state index in [2.05, 4.69) is 41.1 Å². The first-order chi connectivity index (χ1) is 7.12. The molecule has 0 spiro atoms. The van der Waals surface area contributed by atoms with E-state index in [4.69, 9.17) is 0 Å². The number of aliphatic hydroxyl groups is 1. The second kappa shape index (κ2) is 3.08. The topological polar surface area (TPSA) is 20.2 Å². The molecule has 1 aromatic rings. The molecule has 0 aromatic heterocycles. The Labute approximate surface area is 98.6 Å². The third kappa shape index (κ3) is 1.31. The predicted molar refractivity (Wildman–Crippen MR) is 63.6 cm³/mol. The van der Waals surface area contributed by atoms with Crippen LogP contribution in [0.15, 0.2) is 22.7 Å². The molecule has 1 nitrogen and oxygen atoms in total. The van der Waals surface area contributed by atoms with Crippen LogP contribution < -0.4 is 0 Å². The zero-order valence-electron chi connectivity index (χ0n) is 8.83. The monoisotopic (exact) mass is 266 g/mol. The van der Waals surface area contributed by atoms with E-state index >= 15 is 0 Å². The Bertz CT molecular complexity index is 383. The van der Waals surface area contributed by atoms with Crippen molar-refractivity contribution in [2.24, 2.45) is 11.8 Å². The van der Waals surface area contributed by atoms with Crippen LogP contribution in [0.1, 0.15) is 30.4 Å². The van der Waals surface area contributed by atoms with Gasteiger partial charge < -0.3 is 5.11 Å². The molecule has 0 amide bonds. The van der Waals surface area contributed by atoms with Gasteiger partial charge in [0.15, 0.2) is 0 Å². The maximum absolute atomic E-state index is 10.6. The molecule has 15 heavy (non-hydrogen) atoms. The molecule has 2 atom stereocenters. The highest BCUT2D eigenvalue weighted by Crippen LogP contribution is 2.66. The second-order valence-corrected chi connectivity index (χ2v) is 5.90. The summed E-state index contributed by atoms with van der Waals surface area (Å²) < 4.78 is 1.08. The normalized spacial score (nSPS) is 37.8. The van der Waals surface area contributed by atoms with E-state index in [1.165, 1.54) is 24.8 Å². The van der Waals surface area contributed by atoms with Gasteiger partial charge in [-0.1, -0.05) is 28.4 Å². The third-order valence-corrected chi connectivity index (χ3v) is 4.50. The third-order valence-electron chi connectivity index (χ3n) is 4.04. The number of hydrogen-bond acceptors (Lipinski definition) is 1. The fraction of sp³-hybridized carbons (Fsp3) is 0.538. The zero-order chi connectivity index (χ0) is 10.6. The standard InChI is InChI=1S/C13H15BrO/c1-8-5-9(7-10(14)6-8)13(15)11-3-2-4-12(11)13/h5-7,11-12,15H,2-4H2,1H3. The van der Waals surface area contributed by atoms with E-state index in [0.29, 0.717) is 11.8 Å². The van der Waals surface area contributed by atoms with Crippen LogP contribution in [0.25, 0.3) is 0 Å². The van der Waals surface area contributed by atoms with Gasteiger partial charge in [0, 0.05) is 4.47 Å². The lowest BCUT2D eigenvalue weighted by molar-refractivity contribution is 0.105. The van der Waals surface area contributed by atoms with Crippen molar-refractivity contribution < 1.29 is 5.11 Å². The van der Waals surface area contributed by atoms with Crippen molar-refractivity contribution >= 4 is 15.9 Å². The number of aryl methyl sites for hydroxylation is 1. The van der Waals surface area contributed by atoms with Gasteiger partial charge in [0.25, 0.3) is 0 Å². The average Bonchev–Trinajstić information content (AvgIpc) is 2.61. The van der Waals surface area contributed by atoms with Gasteiger partial charge in [-0.2, -0.15) is 0 Å². The molecule has 2 aliphatic rings. The number of hydrogen-bond donors (Lipinski definition) is 1. The molecule has 0 heterocycles. The van der Waals surface area contributed by atoms with E-state index in [1.54, 1.807) is 0 Å². The van der Waals surface area contributed by atoms with Crippen molar-refractivity contribution in [1.82, 2.24) is 0 Å². The van der Waals surface area contributed by atoms with Gasteiger partial charge in [0.2, 0.25) is 0 Å². The summed E-state index contributed by atoms with van der Waals surface area (Å²) in [5.41, 5.74) is 1.84. The molecule has 1 N–H and O–H groups in total. The van der Waals surface area contributed by atoms with Gasteiger partial charge in [-0.05, 0) is 54.9 Å². The lowest BCUT2D eigenvalue weighted by atomic mass is 9.98. The van der Waals surface area contributed by atoms with Crippen molar-refractivity contribution in [1.29, 1.82) is 0 Å². The summed E-state index contributed by atoms with van der Waals surface area (Å²) in [5.74, 6) is 1.07. The highest BCUT2D eigenvalue weighted by Gasteiger charge is 2.66. The molecule has 2 saturated carbocycles. The Balaban J connectivity index is 2.00. The average molecular weight is 267 g/mol. The van der Waals surface area contributed by atoms with Crippen LogP contribution in [0.5, 0.6) is 0 Å². The zero-order valence-corrected chi connectivity index (χ0v) is 10.4. The van der Waals surface area contributed by atoms with Crippen LogP contribution in [0.2, 0.25) is 0 Å². The van der Waals surface area contributed by atoms with E-state index in [-0.39, 0.29) is 0 Å². The molecular weight excluding hydrogens is 252 g/mol. The first-order valence-corrected chi connectivity index (χ1v) is 6.41.